The van der Waals surface area contributed by atoms with Gasteiger partial charge < -0.3 is 9.15 Å². The number of anilines is 1. The molecule has 1 aliphatic rings. The average Bonchev–Trinajstić information content (AvgIpc) is 3.28. The van der Waals surface area contributed by atoms with E-state index >= 15 is 0 Å². The van der Waals surface area contributed by atoms with E-state index in [4.69, 9.17) is 44.6 Å². The Bertz CT molecular complexity index is 1140. The number of thioether (sulfide) groups is 1. The van der Waals surface area contributed by atoms with Gasteiger partial charge in [0.05, 0.1) is 22.7 Å². The molecule has 1 aromatic heterocycles. The highest BCUT2D eigenvalue weighted by Gasteiger charge is 2.33. The van der Waals surface area contributed by atoms with Crippen LogP contribution in [0.3, 0.4) is 0 Å². The fourth-order valence-corrected chi connectivity index (χ4v) is 4.47. The molecule has 0 bridgehead atoms. The van der Waals surface area contributed by atoms with Crippen LogP contribution in [0.15, 0.2) is 63.9 Å². The molecule has 146 valence electrons. The lowest BCUT2D eigenvalue weighted by molar-refractivity contribution is -0.113. The molecule has 0 spiro atoms. The summed E-state index contributed by atoms with van der Waals surface area (Å²) in [5.41, 5.74) is 1.37. The van der Waals surface area contributed by atoms with E-state index < -0.39 is 0 Å². The fraction of sp³-hybridized carbons (Fsp3) is 0.0476. The lowest BCUT2D eigenvalue weighted by atomic mass is 10.2. The molecule has 0 N–H and O–H groups in total. The van der Waals surface area contributed by atoms with Crippen LogP contribution in [0, 0.1) is 0 Å². The summed E-state index contributed by atoms with van der Waals surface area (Å²) in [5, 5.41) is 1.09. The molecule has 4 rings (SSSR count). The quantitative estimate of drug-likeness (QED) is 0.320. The smallest absolute Gasteiger partial charge is 0.270 e. The Morgan fingerprint density at radius 1 is 1.10 bits per heavy atom. The number of rotatable bonds is 4. The first-order chi connectivity index (χ1) is 14.0. The molecule has 2 aromatic carbocycles. The maximum Gasteiger partial charge on any atom is 0.270 e. The molecular weight excluding hydrogens is 449 g/mol. The minimum Gasteiger partial charge on any atom is -0.497 e. The monoisotopic (exact) mass is 461 g/mol. The zero-order chi connectivity index (χ0) is 20.5. The topological polar surface area (TPSA) is 42.7 Å². The van der Waals surface area contributed by atoms with Gasteiger partial charge >= 0.3 is 0 Å². The number of ether oxygens (including phenoxy) is 1. The number of nitrogens with zero attached hydrogens (tertiary/aromatic N) is 1. The number of carbonyl (C=O) groups is 1. The maximum absolute atomic E-state index is 12.9. The molecule has 0 atom stereocenters. The van der Waals surface area contributed by atoms with Crippen LogP contribution in [-0.4, -0.2) is 17.3 Å². The molecule has 0 radical (unpaired) electrons. The molecule has 1 saturated heterocycles. The summed E-state index contributed by atoms with van der Waals surface area (Å²) in [6.07, 6.45) is 1.67. The normalized spacial score (nSPS) is 15.4. The third-order valence-corrected chi connectivity index (χ3v) is 6.09. The van der Waals surface area contributed by atoms with Crippen LogP contribution >= 0.6 is 47.2 Å². The summed E-state index contributed by atoms with van der Waals surface area (Å²) in [7, 11) is 1.59. The standard InChI is InChI=1S/C21H13Cl2NO3S2/c1-26-14-5-3-13(4-6-14)24-20(25)19(29-21(24)28)11-15-7-9-18(27-15)16-10-12(22)2-8-17(16)23/h2-11H,1H3/b19-11-. The van der Waals surface area contributed by atoms with Crippen molar-refractivity contribution in [2.45, 2.75) is 0 Å². The molecule has 0 saturated carbocycles. The Hall–Kier alpha value is -2.25. The molecule has 1 fully saturated rings. The van der Waals surface area contributed by atoms with Crippen LogP contribution in [0.4, 0.5) is 5.69 Å². The van der Waals surface area contributed by atoms with Crippen molar-refractivity contribution < 1.29 is 13.9 Å². The van der Waals surface area contributed by atoms with Gasteiger partial charge in [0.2, 0.25) is 0 Å². The van der Waals surface area contributed by atoms with Gasteiger partial charge in [-0.15, -0.1) is 0 Å². The second-order valence-electron chi connectivity index (χ2n) is 6.04. The summed E-state index contributed by atoms with van der Waals surface area (Å²) < 4.78 is 11.5. The zero-order valence-electron chi connectivity index (χ0n) is 15.0. The number of carbonyl (C=O) groups excluding carboxylic acids is 1. The molecule has 2 heterocycles. The highest BCUT2D eigenvalue weighted by atomic mass is 35.5. The number of methoxy groups -OCH3 is 1. The van der Waals surface area contributed by atoms with Gasteiger partial charge in [-0.1, -0.05) is 47.2 Å². The van der Waals surface area contributed by atoms with E-state index in [1.54, 1.807) is 67.8 Å². The number of hydrogen-bond acceptors (Lipinski definition) is 5. The predicted octanol–water partition coefficient (Wildman–Crippen LogP) is 6.67. The van der Waals surface area contributed by atoms with E-state index in [0.29, 0.717) is 47.8 Å². The first-order valence-corrected chi connectivity index (χ1v) is 10.4. The van der Waals surface area contributed by atoms with Crippen molar-refractivity contribution in [3.05, 3.63) is 75.3 Å². The Kier molecular flexibility index (Phi) is 5.69. The van der Waals surface area contributed by atoms with Crippen molar-refractivity contribution in [1.29, 1.82) is 0 Å². The van der Waals surface area contributed by atoms with Crippen LogP contribution in [-0.2, 0) is 4.79 Å². The SMILES string of the molecule is COc1ccc(N2C(=O)/C(=C/c3ccc(-c4cc(Cl)ccc4Cl)o3)SC2=S)cc1. The van der Waals surface area contributed by atoms with Crippen LogP contribution in [0.1, 0.15) is 5.76 Å². The predicted molar refractivity (Wildman–Crippen MR) is 123 cm³/mol. The molecule has 0 aliphatic carbocycles. The summed E-state index contributed by atoms with van der Waals surface area (Å²) in [5.74, 6) is 1.59. The van der Waals surface area contributed by atoms with E-state index in [-0.39, 0.29) is 5.91 Å². The van der Waals surface area contributed by atoms with Gasteiger partial charge in [0.1, 0.15) is 17.3 Å². The van der Waals surface area contributed by atoms with Crippen molar-refractivity contribution in [2.75, 3.05) is 12.0 Å². The van der Waals surface area contributed by atoms with Gasteiger partial charge in [-0.2, -0.15) is 0 Å². The van der Waals surface area contributed by atoms with E-state index in [1.807, 2.05) is 0 Å². The van der Waals surface area contributed by atoms with Crippen LogP contribution in [0.5, 0.6) is 5.75 Å². The minimum atomic E-state index is -0.205. The Morgan fingerprint density at radius 2 is 1.86 bits per heavy atom. The highest BCUT2D eigenvalue weighted by molar-refractivity contribution is 8.27. The zero-order valence-corrected chi connectivity index (χ0v) is 18.2. The molecule has 4 nitrogen and oxygen atoms in total. The number of hydrogen-bond donors (Lipinski definition) is 0. The molecule has 0 unspecified atom stereocenters. The molecule has 8 heteroatoms. The van der Waals surface area contributed by atoms with E-state index in [2.05, 4.69) is 0 Å². The molecular formula is C21H13Cl2NO3S2. The minimum absolute atomic E-state index is 0.205. The largest absolute Gasteiger partial charge is 0.497 e. The third kappa shape index (κ3) is 4.07. The van der Waals surface area contributed by atoms with Crippen LogP contribution in [0.25, 0.3) is 17.4 Å². The molecule has 1 aliphatic heterocycles. The van der Waals surface area contributed by atoms with Gasteiger partial charge in [-0.3, -0.25) is 9.69 Å². The van der Waals surface area contributed by atoms with E-state index in [9.17, 15) is 4.79 Å². The van der Waals surface area contributed by atoms with Gasteiger partial charge in [-0.25, -0.2) is 0 Å². The van der Waals surface area contributed by atoms with Crippen LogP contribution in [0.2, 0.25) is 10.0 Å². The molecule has 29 heavy (non-hydrogen) atoms. The summed E-state index contributed by atoms with van der Waals surface area (Å²) in [6, 6.07) is 15.9. The lowest BCUT2D eigenvalue weighted by Crippen LogP contribution is -2.27. The molecule has 3 aromatic rings. The van der Waals surface area contributed by atoms with Crippen LogP contribution < -0.4 is 9.64 Å². The van der Waals surface area contributed by atoms with Gasteiger partial charge in [0, 0.05) is 16.7 Å². The van der Waals surface area contributed by atoms with Crippen molar-refractivity contribution >= 4 is 69.2 Å². The molecule has 1 amide bonds. The van der Waals surface area contributed by atoms with Gasteiger partial charge in [0.25, 0.3) is 5.91 Å². The van der Waals surface area contributed by atoms with Crippen molar-refractivity contribution in [1.82, 2.24) is 0 Å². The summed E-state index contributed by atoms with van der Waals surface area (Å²) in [6.45, 7) is 0. The second-order valence-corrected chi connectivity index (χ2v) is 8.56. The Balaban J connectivity index is 1.61. The first kappa shape index (κ1) is 20.0. The summed E-state index contributed by atoms with van der Waals surface area (Å²) >= 11 is 18.9. The van der Waals surface area contributed by atoms with Crippen molar-refractivity contribution in [3.63, 3.8) is 0 Å². The van der Waals surface area contributed by atoms with Crippen molar-refractivity contribution in [3.8, 4) is 17.1 Å². The average molecular weight is 462 g/mol. The van der Waals surface area contributed by atoms with E-state index in [0.717, 1.165) is 0 Å². The first-order valence-electron chi connectivity index (χ1n) is 8.43. The number of thiocarbonyl (C=S) groups is 1. The number of amides is 1. The van der Waals surface area contributed by atoms with Crippen molar-refractivity contribution in [2.24, 2.45) is 0 Å². The van der Waals surface area contributed by atoms with Gasteiger partial charge in [0.15, 0.2) is 4.32 Å². The van der Waals surface area contributed by atoms with E-state index in [1.165, 1.54) is 16.7 Å². The number of halogens is 2. The highest BCUT2D eigenvalue weighted by Crippen LogP contribution is 2.38. The summed E-state index contributed by atoms with van der Waals surface area (Å²) in [4.78, 5) is 14.9. The second kappa shape index (κ2) is 8.24. The Labute approximate surface area is 187 Å². The lowest BCUT2D eigenvalue weighted by Gasteiger charge is -2.14. The number of benzene rings is 2. The maximum atomic E-state index is 12.9. The number of furan rings is 1. The Morgan fingerprint density at radius 3 is 2.59 bits per heavy atom. The third-order valence-electron chi connectivity index (χ3n) is 4.22. The fourth-order valence-electron chi connectivity index (χ4n) is 2.81. The van der Waals surface area contributed by atoms with Gasteiger partial charge in [-0.05, 0) is 54.6 Å².